The van der Waals surface area contributed by atoms with E-state index in [4.69, 9.17) is 5.11 Å². The predicted molar refractivity (Wildman–Crippen MR) is 70.3 cm³/mol. The monoisotopic (exact) mass is 262 g/mol. The van der Waals surface area contributed by atoms with Crippen molar-refractivity contribution in [2.45, 2.75) is 18.9 Å². The molecule has 5 nitrogen and oxygen atoms in total. The average Bonchev–Trinajstić information content (AvgIpc) is 2.78. The van der Waals surface area contributed by atoms with Gasteiger partial charge in [0.1, 0.15) is 0 Å². The summed E-state index contributed by atoms with van der Waals surface area (Å²) < 4.78 is 0. The highest BCUT2D eigenvalue weighted by Gasteiger charge is 2.37. The van der Waals surface area contributed by atoms with Crippen LogP contribution >= 0.6 is 0 Å². The molecule has 2 atom stereocenters. The van der Waals surface area contributed by atoms with Crippen molar-refractivity contribution in [2.24, 2.45) is 5.92 Å². The molecule has 2 unspecified atom stereocenters. The SMILES string of the molecule is O=C1CC(C(=O)NCCO)C(Cc2ccccc2)N1. The van der Waals surface area contributed by atoms with E-state index in [1.165, 1.54) is 0 Å². The molecule has 1 aliphatic heterocycles. The molecule has 5 heteroatoms. The van der Waals surface area contributed by atoms with Gasteiger partial charge in [-0.15, -0.1) is 0 Å². The minimum atomic E-state index is -0.362. The van der Waals surface area contributed by atoms with Gasteiger partial charge in [-0.05, 0) is 12.0 Å². The first-order chi connectivity index (χ1) is 9.20. The maximum atomic E-state index is 11.9. The van der Waals surface area contributed by atoms with Gasteiger partial charge in [0.05, 0.1) is 12.5 Å². The smallest absolute Gasteiger partial charge is 0.225 e. The summed E-state index contributed by atoms with van der Waals surface area (Å²) in [5, 5.41) is 14.2. The second-order valence-electron chi connectivity index (χ2n) is 4.69. The van der Waals surface area contributed by atoms with Gasteiger partial charge in [0, 0.05) is 19.0 Å². The topological polar surface area (TPSA) is 78.4 Å². The lowest BCUT2D eigenvalue weighted by Gasteiger charge is -2.18. The molecule has 102 valence electrons. The number of aliphatic hydroxyl groups is 1. The van der Waals surface area contributed by atoms with Crippen LogP contribution < -0.4 is 10.6 Å². The van der Waals surface area contributed by atoms with Gasteiger partial charge in [-0.3, -0.25) is 9.59 Å². The number of amides is 2. The summed E-state index contributed by atoms with van der Waals surface area (Å²) in [6.07, 6.45) is 0.860. The summed E-state index contributed by atoms with van der Waals surface area (Å²) in [6.45, 7) is 0.130. The first-order valence-electron chi connectivity index (χ1n) is 6.42. The lowest BCUT2D eigenvalue weighted by molar-refractivity contribution is -0.127. The summed E-state index contributed by atoms with van der Waals surface area (Å²) in [7, 11) is 0. The van der Waals surface area contributed by atoms with Crippen LogP contribution in [-0.2, 0) is 16.0 Å². The molecular weight excluding hydrogens is 244 g/mol. The van der Waals surface area contributed by atoms with Gasteiger partial charge in [-0.25, -0.2) is 0 Å². The van der Waals surface area contributed by atoms with E-state index in [1.807, 2.05) is 30.3 Å². The number of nitrogens with one attached hydrogen (secondary N) is 2. The molecule has 1 fully saturated rings. The Morgan fingerprint density at radius 3 is 2.79 bits per heavy atom. The van der Waals surface area contributed by atoms with E-state index in [1.54, 1.807) is 0 Å². The fourth-order valence-corrected chi connectivity index (χ4v) is 2.36. The molecular formula is C14H18N2O3. The lowest BCUT2D eigenvalue weighted by Crippen LogP contribution is -2.40. The molecule has 1 aromatic rings. The maximum absolute atomic E-state index is 11.9. The Hall–Kier alpha value is -1.88. The highest BCUT2D eigenvalue weighted by Crippen LogP contribution is 2.20. The van der Waals surface area contributed by atoms with E-state index in [0.717, 1.165) is 5.56 Å². The van der Waals surface area contributed by atoms with Crippen LogP contribution in [0, 0.1) is 5.92 Å². The van der Waals surface area contributed by atoms with Crippen molar-refractivity contribution in [3.8, 4) is 0 Å². The van der Waals surface area contributed by atoms with E-state index in [9.17, 15) is 9.59 Å². The van der Waals surface area contributed by atoms with Crippen molar-refractivity contribution >= 4 is 11.8 Å². The second-order valence-corrected chi connectivity index (χ2v) is 4.69. The minimum absolute atomic E-state index is 0.0925. The number of rotatable bonds is 5. The van der Waals surface area contributed by atoms with E-state index < -0.39 is 0 Å². The molecule has 1 heterocycles. The van der Waals surface area contributed by atoms with Crippen molar-refractivity contribution < 1.29 is 14.7 Å². The minimum Gasteiger partial charge on any atom is -0.395 e. The van der Waals surface area contributed by atoms with Crippen LogP contribution in [0.1, 0.15) is 12.0 Å². The van der Waals surface area contributed by atoms with Crippen molar-refractivity contribution in [1.82, 2.24) is 10.6 Å². The third-order valence-electron chi connectivity index (χ3n) is 3.28. The standard InChI is InChI=1S/C14H18N2O3/c17-7-6-15-14(19)11-9-13(18)16-12(11)8-10-4-2-1-3-5-10/h1-5,11-12,17H,6-9H2,(H,15,19)(H,16,18). The number of hydrogen-bond donors (Lipinski definition) is 3. The van der Waals surface area contributed by atoms with Gasteiger partial charge >= 0.3 is 0 Å². The fourth-order valence-electron chi connectivity index (χ4n) is 2.36. The molecule has 0 saturated carbocycles. The second kappa shape index (κ2) is 6.33. The van der Waals surface area contributed by atoms with Crippen molar-refractivity contribution in [1.29, 1.82) is 0 Å². The number of benzene rings is 1. The molecule has 1 saturated heterocycles. The summed E-state index contributed by atoms with van der Waals surface area (Å²) in [5.74, 6) is -0.627. The van der Waals surface area contributed by atoms with Crippen LogP contribution in [0.5, 0.6) is 0 Å². The van der Waals surface area contributed by atoms with Crippen LogP contribution in [0.15, 0.2) is 30.3 Å². The molecule has 0 spiro atoms. The van der Waals surface area contributed by atoms with Gasteiger partial charge in [-0.1, -0.05) is 30.3 Å². The largest absolute Gasteiger partial charge is 0.395 e. The molecule has 1 aromatic carbocycles. The average molecular weight is 262 g/mol. The summed E-state index contributed by atoms with van der Waals surface area (Å²) in [6, 6.07) is 9.59. The quantitative estimate of drug-likeness (QED) is 0.690. The van der Waals surface area contributed by atoms with Crippen LogP contribution in [0.3, 0.4) is 0 Å². The van der Waals surface area contributed by atoms with E-state index in [2.05, 4.69) is 10.6 Å². The van der Waals surface area contributed by atoms with Crippen molar-refractivity contribution in [2.75, 3.05) is 13.2 Å². The Kier molecular flexibility index (Phi) is 4.52. The van der Waals surface area contributed by atoms with Gasteiger partial charge < -0.3 is 15.7 Å². The lowest BCUT2D eigenvalue weighted by atomic mass is 9.94. The Bertz CT molecular complexity index is 447. The van der Waals surface area contributed by atoms with Crippen LogP contribution in [0.2, 0.25) is 0 Å². The van der Waals surface area contributed by atoms with Crippen molar-refractivity contribution in [3.05, 3.63) is 35.9 Å². The number of carbonyl (C=O) groups excluding carboxylic acids is 2. The molecule has 0 aromatic heterocycles. The van der Waals surface area contributed by atoms with Crippen LogP contribution in [-0.4, -0.2) is 36.1 Å². The van der Waals surface area contributed by atoms with Gasteiger partial charge in [0.25, 0.3) is 0 Å². The molecule has 19 heavy (non-hydrogen) atoms. The molecule has 2 amide bonds. The molecule has 0 aliphatic carbocycles. The summed E-state index contributed by atoms with van der Waals surface area (Å²) in [4.78, 5) is 23.4. The van der Waals surface area contributed by atoms with Gasteiger partial charge in [0.2, 0.25) is 11.8 Å². The number of aliphatic hydroxyl groups excluding tert-OH is 1. The Morgan fingerprint density at radius 1 is 1.37 bits per heavy atom. The van der Waals surface area contributed by atoms with E-state index in [-0.39, 0.29) is 43.3 Å². The fraction of sp³-hybridized carbons (Fsp3) is 0.429. The highest BCUT2D eigenvalue weighted by atomic mass is 16.3. The Morgan fingerprint density at radius 2 is 2.11 bits per heavy atom. The third-order valence-corrected chi connectivity index (χ3v) is 3.28. The predicted octanol–water partition coefficient (Wildman–Crippen LogP) is -0.158. The molecule has 3 N–H and O–H groups in total. The first kappa shape index (κ1) is 13.5. The van der Waals surface area contributed by atoms with Crippen molar-refractivity contribution in [3.63, 3.8) is 0 Å². The number of hydrogen-bond acceptors (Lipinski definition) is 3. The summed E-state index contributed by atoms with van der Waals surface area (Å²) >= 11 is 0. The first-order valence-corrected chi connectivity index (χ1v) is 6.42. The zero-order valence-corrected chi connectivity index (χ0v) is 10.6. The molecule has 1 aliphatic rings. The highest BCUT2D eigenvalue weighted by molar-refractivity contribution is 5.90. The summed E-state index contributed by atoms with van der Waals surface area (Å²) in [5.41, 5.74) is 1.09. The van der Waals surface area contributed by atoms with Gasteiger partial charge in [0.15, 0.2) is 0 Å². The molecule has 0 radical (unpaired) electrons. The normalized spacial score (nSPS) is 22.1. The zero-order chi connectivity index (χ0) is 13.7. The molecule has 2 rings (SSSR count). The van der Waals surface area contributed by atoms with Crippen LogP contribution in [0.4, 0.5) is 0 Å². The maximum Gasteiger partial charge on any atom is 0.225 e. The van der Waals surface area contributed by atoms with Crippen LogP contribution in [0.25, 0.3) is 0 Å². The molecule has 0 bridgehead atoms. The third kappa shape index (κ3) is 3.54. The Balaban J connectivity index is 2.01. The Labute approximate surface area is 112 Å². The van der Waals surface area contributed by atoms with E-state index in [0.29, 0.717) is 6.42 Å². The zero-order valence-electron chi connectivity index (χ0n) is 10.6. The number of carbonyl (C=O) groups is 2. The van der Waals surface area contributed by atoms with E-state index >= 15 is 0 Å². The van der Waals surface area contributed by atoms with Gasteiger partial charge in [-0.2, -0.15) is 0 Å².